The number of benzene rings is 1. The zero-order chi connectivity index (χ0) is 11.5. The quantitative estimate of drug-likeness (QED) is 0.790. The molecule has 0 bridgehead atoms. The number of rotatable bonds is 3. The third-order valence-electron chi connectivity index (χ3n) is 2.11. The zero-order valence-corrected chi connectivity index (χ0v) is 9.74. The molecular formula is C11H8Cl2N2O. The van der Waals surface area contributed by atoms with Crippen molar-refractivity contribution in [3.63, 3.8) is 0 Å². The lowest BCUT2D eigenvalue weighted by molar-refractivity contribution is 0.111. The van der Waals surface area contributed by atoms with Gasteiger partial charge in [-0.25, -0.2) is 0 Å². The fourth-order valence-electron chi connectivity index (χ4n) is 1.35. The van der Waals surface area contributed by atoms with Crippen LogP contribution in [0.1, 0.15) is 16.1 Å². The maximum Gasteiger partial charge on any atom is 0.170 e. The Bertz CT molecular complexity index is 522. The molecule has 0 saturated heterocycles. The molecule has 0 amide bonds. The summed E-state index contributed by atoms with van der Waals surface area (Å²) in [5, 5.41) is 5.09. The summed E-state index contributed by atoms with van der Waals surface area (Å²) in [6.07, 6.45) is 2.46. The first kappa shape index (κ1) is 11.2. The first-order chi connectivity index (χ1) is 7.69. The minimum Gasteiger partial charge on any atom is -0.296 e. The summed E-state index contributed by atoms with van der Waals surface area (Å²) in [6, 6.07) is 7.05. The van der Waals surface area contributed by atoms with Crippen molar-refractivity contribution < 1.29 is 4.79 Å². The molecule has 16 heavy (non-hydrogen) atoms. The summed E-state index contributed by atoms with van der Waals surface area (Å²) in [5.74, 6) is 0. The summed E-state index contributed by atoms with van der Waals surface area (Å²) < 4.78 is 1.67. The van der Waals surface area contributed by atoms with E-state index in [1.165, 1.54) is 0 Å². The Morgan fingerprint density at radius 3 is 2.69 bits per heavy atom. The predicted molar refractivity (Wildman–Crippen MR) is 63.2 cm³/mol. The second-order valence-corrected chi connectivity index (χ2v) is 4.12. The van der Waals surface area contributed by atoms with Crippen molar-refractivity contribution in [2.75, 3.05) is 0 Å². The number of carbonyl (C=O) groups is 1. The number of nitrogens with zero attached hydrogens (tertiary/aromatic N) is 2. The van der Waals surface area contributed by atoms with Crippen LogP contribution >= 0.6 is 23.2 Å². The lowest BCUT2D eigenvalue weighted by atomic mass is 10.2. The molecular weight excluding hydrogens is 247 g/mol. The summed E-state index contributed by atoms with van der Waals surface area (Å²) in [7, 11) is 0. The van der Waals surface area contributed by atoms with E-state index in [1.54, 1.807) is 29.1 Å². The van der Waals surface area contributed by atoms with Gasteiger partial charge in [0.05, 0.1) is 16.6 Å². The molecule has 0 radical (unpaired) electrons. The summed E-state index contributed by atoms with van der Waals surface area (Å²) in [5.41, 5.74) is 1.40. The summed E-state index contributed by atoms with van der Waals surface area (Å²) >= 11 is 11.7. The van der Waals surface area contributed by atoms with E-state index >= 15 is 0 Å². The van der Waals surface area contributed by atoms with E-state index in [0.717, 1.165) is 5.56 Å². The Hall–Kier alpha value is -1.32. The van der Waals surface area contributed by atoms with Crippen LogP contribution in [-0.2, 0) is 6.54 Å². The average Bonchev–Trinajstić information content (AvgIpc) is 2.71. The molecule has 82 valence electrons. The minimum absolute atomic E-state index is 0.417. The number of hydrogen-bond acceptors (Lipinski definition) is 2. The number of halogens is 2. The number of hydrogen-bond donors (Lipinski definition) is 0. The Kier molecular flexibility index (Phi) is 3.27. The van der Waals surface area contributed by atoms with E-state index in [4.69, 9.17) is 23.2 Å². The fourth-order valence-corrected chi connectivity index (χ4v) is 1.67. The van der Waals surface area contributed by atoms with Gasteiger partial charge in [0.2, 0.25) is 0 Å². The van der Waals surface area contributed by atoms with E-state index in [9.17, 15) is 4.79 Å². The molecule has 0 fully saturated rings. The van der Waals surface area contributed by atoms with E-state index < -0.39 is 0 Å². The molecule has 0 aliphatic carbocycles. The Morgan fingerprint density at radius 1 is 1.25 bits per heavy atom. The fraction of sp³-hybridized carbons (Fsp3) is 0.0909. The van der Waals surface area contributed by atoms with Gasteiger partial charge in [-0.3, -0.25) is 9.48 Å². The Morgan fingerprint density at radius 2 is 2.06 bits per heavy atom. The lowest BCUT2D eigenvalue weighted by Crippen LogP contribution is -2.00. The Labute approximate surface area is 103 Å². The van der Waals surface area contributed by atoms with Crippen LogP contribution in [0.25, 0.3) is 0 Å². The van der Waals surface area contributed by atoms with Gasteiger partial charge in [-0.05, 0) is 23.8 Å². The highest BCUT2D eigenvalue weighted by Crippen LogP contribution is 2.22. The average molecular weight is 255 g/mol. The second kappa shape index (κ2) is 4.68. The molecule has 1 heterocycles. The first-order valence-corrected chi connectivity index (χ1v) is 5.37. The molecule has 0 N–H and O–H groups in total. The molecule has 1 aromatic heterocycles. The van der Waals surface area contributed by atoms with Gasteiger partial charge in [0.15, 0.2) is 6.29 Å². The van der Waals surface area contributed by atoms with Crippen LogP contribution in [0.4, 0.5) is 0 Å². The maximum absolute atomic E-state index is 10.5. The summed E-state index contributed by atoms with van der Waals surface area (Å²) in [6.45, 7) is 0.560. The monoisotopic (exact) mass is 254 g/mol. The van der Waals surface area contributed by atoms with Crippen LogP contribution in [-0.4, -0.2) is 16.1 Å². The number of carbonyl (C=O) groups excluding carboxylic acids is 1. The highest BCUT2D eigenvalue weighted by Gasteiger charge is 2.02. The molecule has 3 nitrogen and oxygen atoms in total. The zero-order valence-electron chi connectivity index (χ0n) is 8.23. The third-order valence-corrected chi connectivity index (χ3v) is 2.85. The van der Waals surface area contributed by atoms with Crippen LogP contribution in [0.2, 0.25) is 10.0 Å². The van der Waals surface area contributed by atoms with Gasteiger partial charge in [0.25, 0.3) is 0 Å². The largest absolute Gasteiger partial charge is 0.296 e. The standard InChI is InChI=1S/C11H8Cl2N2O/c12-10-2-1-8(5-11(10)13)6-15-4-3-9(7-16)14-15/h1-5,7H,6H2. The third kappa shape index (κ3) is 2.43. The molecule has 0 aliphatic rings. The molecule has 0 atom stereocenters. The van der Waals surface area contributed by atoms with E-state index in [-0.39, 0.29) is 0 Å². The van der Waals surface area contributed by atoms with E-state index in [0.29, 0.717) is 28.6 Å². The van der Waals surface area contributed by atoms with Crippen molar-refractivity contribution in [2.45, 2.75) is 6.54 Å². The van der Waals surface area contributed by atoms with Gasteiger partial charge in [0, 0.05) is 6.20 Å². The van der Waals surface area contributed by atoms with Crippen LogP contribution in [0.15, 0.2) is 30.5 Å². The molecule has 1 aromatic carbocycles. The molecule has 0 saturated carbocycles. The SMILES string of the molecule is O=Cc1ccn(Cc2ccc(Cl)c(Cl)c2)n1. The van der Waals surface area contributed by atoms with Gasteiger partial charge in [-0.15, -0.1) is 0 Å². The predicted octanol–water partition coefficient (Wildman–Crippen LogP) is 3.05. The molecule has 2 rings (SSSR count). The van der Waals surface area contributed by atoms with Crippen molar-refractivity contribution in [3.05, 3.63) is 51.8 Å². The van der Waals surface area contributed by atoms with E-state index in [1.807, 2.05) is 6.07 Å². The van der Waals surface area contributed by atoms with Crippen molar-refractivity contribution >= 4 is 29.5 Å². The van der Waals surface area contributed by atoms with Gasteiger partial charge < -0.3 is 0 Å². The molecule has 2 aromatic rings. The molecule has 0 aliphatic heterocycles. The van der Waals surface area contributed by atoms with Crippen molar-refractivity contribution in [1.82, 2.24) is 9.78 Å². The van der Waals surface area contributed by atoms with Crippen molar-refractivity contribution in [2.24, 2.45) is 0 Å². The van der Waals surface area contributed by atoms with Gasteiger partial charge in [-0.2, -0.15) is 5.10 Å². The van der Waals surface area contributed by atoms with Crippen LogP contribution < -0.4 is 0 Å². The second-order valence-electron chi connectivity index (χ2n) is 3.30. The van der Waals surface area contributed by atoms with Crippen LogP contribution in [0.5, 0.6) is 0 Å². The molecule has 0 spiro atoms. The first-order valence-electron chi connectivity index (χ1n) is 4.61. The topological polar surface area (TPSA) is 34.9 Å². The van der Waals surface area contributed by atoms with Crippen LogP contribution in [0, 0.1) is 0 Å². The number of aromatic nitrogens is 2. The maximum atomic E-state index is 10.5. The number of aldehydes is 1. The van der Waals surface area contributed by atoms with Crippen molar-refractivity contribution in [3.8, 4) is 0 Å². The highest BCUT2D eigenvalue weighted by molar-refractivity contribution is 6.42. The van der Waals surface area contributed by atoms with Crippen LogP contribution in [0.3, 0.4) is 0 Å². The lowest BCUT2D eigenvalue weighted by Gasteiger charge is -2.03. The van der Waals surface area contributed by atoms with E-state index in [2.05, 4.69) is 5.10 Å². The summed E-state index contributed by atoms with van der Waals surface area (Å²) in [4.78, 5) is 10.5. The highest BCUT2D eigenvalue weighted by atomic mass is 35.5. The normalized spacial score (nSPS) is 10.4. The molecule has 5 heteroatoms. The smallest absolute Gasteiger partial charge is 0.170 e. The van der Waals surface area contributed by atoms with Gasteiger partial charge >= 0.3 is 0 Å². The van der Waals surface area contributed by atoms with Crippen molar-refractivity contribution in [1.29, 1.82) is 0 Å². The minimum atomic E-state index is 0.417. The van der Waals surface area contributed by atoms with Gasteiger partial charge in [0.1, 0.15) is 5.69 Å². The molecule has 0 unspecified atom stereocenters. The van der Waals surface area contributed by atoms with Gasteiger partial charge in [-0.1, -0.05) is 29.3 Å². The Balaban J connectivity index is 2.20.